The van der Waals surface area contributed by atoms with Gasteiger partial charge in [0, 0.05) is 0 Å². The largest absolute Gasteiger partial charge is 0.394 e. The third kappa shape index (κ3) is 4.21. The van der Waals surface area contributed by atoms with E-state index in [-0.39, 0.29) is 31.4 Å². The Bertz CT molecular complexity index is 877. The summed E-state index contributed by atoms with van der Waals surface area (Å²) < 4.78 is 12.7. The number of hydrogen-bond acceptors (Lipinski definition) is 7. The van der Waals surface area contributed by atoms with E-state index in [9.17, 15) is 9.90 Å². The number of aromatic nitrogens is 4. The van der Waals surface area contributed by atoms with Crippen molar-refractivity contribution in [2.75, 3.05) is 18.9 Å². The van der Waals surface area contributed by atoms with Crippen LogP contribution in [0.4, 0.5) is 5.95 Å². The summed E-state index contributed by atoms with van der Waals surface area (Å²) in [5.41, 5.74) is 6.68. The van der Waals surface area contributed by atoms with Crippen LogP contribution in [0.1, 0.15) is 5.56 Å². The first kappa shape index (κ1) is 17.1. The van der Waals surface area contributed by atoms with Crippen LogP contribution in [0.15, 0.2) is 41.5 Å². The SMILES string of the molecule is Nc1nc2c(ncn2CO[C@H](CO)COCc2ccccc2)c(=O)[nH]1. The first-order valence-electron chi connectivity index (χ1n) is 7.72. The van der Waals surface area contributed by atoms with Gasteiger partial charge in [0.1, 0.15) is 12.8 Å². The predicted molar refractivity (Wildman–Crippen MR) is 90.6 cm³/mol. The molecule has 0 fully saturated rings. The molecule has 2 heterocycles. The van der Waals surface area contributed by atoms with Gasteiger partial charge in [0.2, 0.25) is 5.95 Å². The van der Waals surface area contributed by atoms with Crippen LogP contribution >= 0.6 is 0 Å². The highest BCUT2D eigenvalue weighted by molar-refractivity contribution is 5.70. The van der Waals surface area contributed by atoms with Crippen molar-refractivity contribution in [3.63, 3.8) is 0 Å². The van der Waals surface area contributed by atoms with Gasteiger partial charge in [-0.1, -0.05) is 30.3 Å². The second kappa shape index (κ2) is 7.88. The Kier molecular flexibility index (Phi) is 5.39. The molecule has 25 heavy (non-hydrogen) atoms. The number of aromatic amines is 1. The standard InChI is InChI=1S/C16H19N5O4/c17-16-19-14-13(15(23)20-16)18-9-21(14)10-25-12(6-22)8-24-7-11-4-2-1-3-5-11/h1-5,9,12,22H,6-8,10H2,(H3,17,19,20,23)/t12-/m1/s1. The van der Waals surface area contributed by atoms with Crippen LogP contribution in [-0.4, -0.2) is 43.9 Å². The minimum absolute atomic E-state index is 0.00385. The number of imidazole rings is 1. The topological polar surface area (TPSA) is 128 Å². The number of aliphatic hydroxyl groups excluding tert-OH is 1. The maximum Gasteiger partial charge on any atom is 0.280 e. The molecule has 0 bridgehead atoms. The highest BCUT2D eigenvalue weighted by Crippen LogP contribution is 2.08. The molecule has 0 aliphatic carbocycles. The van der Waals surface area contributed by atoms with Gasteiger partial charge in [-0.15, -0.1) is 0 Å². The van der Waals surface area contributed by atoms with Crippen LogP contribution < -0.4 is 11.3 Å². The van der Waals surface area contributed by atoms with Gasteiger partial charge in [0.15, 0.2) is 11.2 Å². The number of nitrogens with two attached hydrogens (primary N) is 1. The van der Waals surface area contributed by atoms with Crippen LogP contribution in [0.2, 0.25) is 0 Å². The molecule has 9 nitrogen and oxygen atoms in total. The molecule has 0 saturated carbocycles. The molecule has 3 aromatic rings. The zero-order chi connectivity index (χ0) is 17.6. The van der Waals surface area contributed by atoms with E-state index < -0.39 is 11.7 Å². The lowest BCUT2D eigenvalue weighted by Gasteiger charge is -2.16. The molecular formula is C16H19N5O4. The van der Waals surface area contributed by atoms with Crippen LogP contribution in [0, 0.1) is 0 Å². The summed E-state index contributed by atoms with van der Waals surface area (Å²) in [6.07, 6.45) is 0.923. The van der Waals surface area contributed by atoms with Gasteiger partial charge in [0.05, 0.1) is 26.1 Å². The van der Waals surface area contributed by atoms with Gasteiger partial charge in [-0.25, -0.2) is 4.98 Å². The summed E-state index contributed by atoms with van der Waals surface area (Å²) in [6.45, 7) is 0.528. The average Bonchev–Trinajstić information content (AvgIpc) is 3.02. The maximum absolute atomic E-state index is 11.7. The molecule has 0 spiro atoms. The van der Waals surface area contributed by atoms with Gasteiger partial charge in [-0.2, -0.15) is 4.98 Å². The lowest BCUT2D eigenvalue weighted by molar-refractivity contribution is -0.0697. The molecule has 132 valence electrons. The Balaban J connectivity index is 1.57. The number of H-pyrrole nitrogens is 1. The fourth-order valence-corrected chi connectivity index (χ4v) is 2.29. The van der Waals surface area contributed by atoms with Crippen LogP contribution in [0.5, 0.6) is 0 Å². The van der Waals surface area contributed by atoms with E-state index in [4.69, 9.17) is 15.2 Å². The van der Waals surface area contributed by atoms with Crippen molar-refractivity contribution < 1.29 is 14.6 Å². The number of hydrogen-bond donors (Lipinski definition) is 3. The van der Waals surface area contributed by atoms with E-state index in [0.717, 1.165) is 5.56 Å². The number of nitrogen functional groups attached to an aromatic ring is 1. The summed E-state index contributed by atoms with van der Waals surface area (Å²) >= 11 is 0. The van der Waals surface area contributed by atoms with Crippen molar-refractivity contribution in [1.82, 2.24) is 19.5 Å². The van der Waals surface area contributed by atoms with Gasteiger partial charge >= 0.3 is 0 Å². The Labute approximate surface area is 143 Å². The van der Waals surface area contributed by atoms with Gasteiger partial charge in [-0.05, 0) is 5.56 Å². The number of benzene rings is 1. The Morgan fingerprint density at radius 3 is 2.88 bits per heavy atom. The number of fused-ring (bicyclic) bond motifs is 1. The van der Waals surface area contributed by atoms with Crippen LogP contribution in [0.3, 0.4) is 0 Å². The summed E-state index contributed by atoms with van der Waals surface area (Å²) in [7, 11) is 0. The number of nitrogens with one attached hydrogen (secondary N) is 1. The fourth-order valence-electron chi connectivity index (χ4n) is 2.29. The molecule has 0 aliphatic heterocycles. The monoisotopic (exact) mass is 345 g/mol. The van der Waals surface area contributed by atoms with Gasteiger partial charge in [-0.3, -0.25) is 14.3 Å². The third-order valence-electron chi connectivity index (χ3n) is 3.56. The van der Waals surface area contributed by atoms with E-state index in [1.165, 1.54) is 6.33 Å². The van der Waals surface area contributed by atoms with Crippen molar-refractivity contribution in [3.05, 3.63) is 52.6 Å². The van der Waals surface area contributed by atoms with Crippen molar-refractivity contribution in [3.8, 4) is 0 Å². The van der Waals surface area contributed by atoms with Gasteiger partial charge < -0.3 is 20.3 Å². The Hall–Kier alpha value is -2.75. The second-order valence-electron chi connectivity index (χ2n) is 5.44. The van der Waals surface area contributed by atoms with E-state index in [1.807, 2.05) is 30.3 Å². The Morgan fingerprint density at radius 1 is 1.32 bits per heavy atom. The molecule has 0 radical (unpaired) electrons. The molecule has 0 saturated heterocycles. The number of nitrogens with zero attached hydrogens (tertiary/aromatic N) is 3. The minimum Gasteiger partial charge on any atom is -0.394 e. The molecule has 3 rings (SSSR count). The van der Waals surface area contributed by atoms with Gasteiger partial charge in [0.25, 0.3) is 5.56 Å². The average molecular weight is 345 g/mol. The summed E-state index contributed by atoms with van der Waals surface area (Å²) in [4.78, 5) is 22.2. The fraction of sp³-hybridized carbons (Fsp3) is 0.312. The van der Waals surface area contributed by atoms with Crippen LogP contribution in [0.25, 0.3) is 11.2 Å². The highest BCUT2D eigenvalue weighted by Gasteiger charge is 2.12. The molecule has 2 aromatic heterocycles. The summed E-state index contributed by atoms with van der Waals surface area (Å²) in [6, 6.07) is 9.72. The van der Waals surface area contributed by atoms with E-state index in [1.54, 1.807) is 4.57 Å². The second-order valence-corrected chi connectivity index (χ2v) is 5.44. The van der Waals surface area contributed by atoms with Crippen LogP contribution in [-0.2, 0) is 22.8 Å². The maximum atomic E-state index is 11.7. The minimum atomic E-state index is -0.513. The third-order valence-corrected chi connectivity index (χ3v) is 3.56. The molecule has 9 heteroatoms. The number of rotatable bonds is 8. The highest BCUT2D eigenvalue weighted by atomic mass is 16.5. The van der Waals surface area contributed by atoms with Crippen molar-refractivity contribution in [1.29, 1.82) is 0 Å². The molecule has 1 atom stereocenters. The normalized spacial score (nSPS) is 12.5. The lowest BCUT2D eigenvalue weighted by Crippen LogP contribution is -2.25. The van der Waals surface area contributed by atoms with Crippen molar-refractivity contribution in [2.24, 2.45) is 0 Å². The number of aliphatic hydroxyl groups is 1. The first-order chi connectivity index (χ1) is 12.2. The summed E-state index contributed by atoms with van der Waals surface area (Å²) in [5.74, 6) is 0.00385. The van der Waals surface area contributed by atoms with Crippen molar-refractivity contribution in [2.45, 2.75) is 19.4 Å². The van der Waals surface area contributed by atoms with Crippen molar-refractivity contribution >= 4 is 17.1 Å². The number of ether oxygens (including phenoxy) is 2. The van der Waals surface area contributed by atoms with E-state index in [2.05, 4.69) is 15.0 Å². The lowest BCUT2D eigenvalue weighted by atomic mass is 10.2. The number of anilines is 1. The van der Waals surface area contributed by atoms with E-state index in [0.29, 0.717) is 12.3 Å². The summed E-state index contributed by atoms with van der Waals surface area (Å²) in [5, 5.41) is 9.43. The van der Waals surface area contributed by atoms with E-state index >= 15 is 0 Å². The molecule has 0 aliphatic rings. The molecule has 4 N–H and O–H groups in total. The quantitative estimate of drug-likeness (QED) is 0.534. The molecule has 1 aromatic carbocycles. The first-order valence-corrected chi connectivity index (χ1v) is 7.72. The molecular weight excluding hydrogens is 326 g/mol. The zero-order valence-electron chi connectivity index (χ0n) is 13.5. The molecule has 0 amide bonds. The predicted octanol–water partition coefficient (Wildman–Crippen LogP) is 0.254. The molecule has 0 unspecified atom stereocenters. The zero-order valence-corrected chi connectivity index (χ0v) is 13.5. The smallest absolute Gasteiger partial charge is 0.280 e. The Morgan fingerprint density at radius 2 is 2.12 bits per heavy atom.